The molecule has 3 aromatic rings. The van der Waals surface area contributed by atoms with Crippen LogP contribution < -0.4 is 19.1 Å². The first-order valence-corrected chi connectivity index (χ1v) is 8.59. The molecule has 0 atom stereocenters. The average molecular weight is 388 g/mol. The maximum absolute atomic E-state index is 12.8. The van der Waals surface area contributed by atoms with Crippen LogP contribution in [0.1, 0.15) is 5.56 Å². The van der Waals surface area contributed by atoms with Gasteiger partial charge in [0.15, 0.2) is 0 Å². The van der Waals surface area contributed by atoms with Crippen molar-refractivity contribution in [3.8, 4) is 23.5 Å². The molecular formula is C22H16N2O5. The predicted octanol–water partition coefficient (Wildman–Crippen LogP) is 5.06. The Morgan fingerprint density at radius 2 is 1.34 bits per heavy atom. The van der Waals surface area contributed by atoms with Crippen LogP contribution in [0.25, 0.3) is 0 Å². The predicted molar refractivity (Wildman–Crippen MR) is 105 cm³/mol. The van der Waals surface area contributed by atoms with Gasteiger partial charge in [0.2, 0.25) is 0 Å². The highest BCUT2D eigenvalue weighted by molar-refractivity contribution is 6.10. The average Bonchev–Trinajstić information content (AvgIpc) is 2.72. The van der Waals surface area contributed by atoms with Crippen molar-refractivity contribution in [1.82, 2.24) is 0 Å². The van der Waals surface area contributed by atoms with Gasteiger partial charge in [0, 0.05) is 6.07 Å². The molecule has 0 radical (unpaired) electrons. The fraction of sp³-hybridized carbons (Fsp3) is 0.0455. The molecule has 2 amide bonds. The normalized spacial score (nSPS) is 9.79. The van der Waals surface area contributed by atoms with E-state index in [1.54, 1.807) is 79.9 Å². The highest BCUT2D eigenvalue weighted by atomic mass is 16.6. The fourth-order valence-electron chi connectivity index (χ4n) is 2.44. The number of nitrogens with zero attached hydrogens (tertiary/aromatic N) is 2. The molecule has 3 aromatic carbocycles. The zero-order valence-corrected chi connectivity index (χ0v) is 15.4. The van der Waals surface area contributed by atoms with Gasteiger partial charge in [-0.2, -0.15) is 4.90 Å². The smallest absolute Gasteiger partial charge is 0.410 e. The Hall–Kier alpha value is -4.31. The molecule has 144 valence electrons. The number of ether oxygens (including phenoxy) is 3. The number of carbonyl (C=O) groups is 2. The second-order valence-corrected chi connectivity index (χ2v) is 5.84. The summed E-state index contributed by atoms with van der Waals surface area (Å²) in [5.41, 5.74) is 0.783. The quantitative estimate of drug-likeness (QED) is 0.581. The van der Waals surface area contributed by atoms with Gasteiger partial charge in [0.25, 0.3) is 6.26 Å². The van der Waals surface area contributed by atoms with Crippen molar-refractivity contribution in [2.75, 3.05) is 4.90 Å². The summed E-state index contributed by atoms with van der Waals surface area (Å²) in [6, 6.07) is 21.2. The molecule has 29 heavy (non-hydrogen) atoms. The lowest BCUT2D eigenvalue weighted by molar-refractivity contribution is 0.191. The molecule has 0 aromatic heterocycles. The van der Waals surface area contributed by atoms with Crippen LogP contribution in [-0.4, -0.2) is 12.2 Å². The summed E-state index contributed by atoms with van der Waals surface area (Å²) in [7, 11) is 0. The molecule has 7 heteroatoms. The molecule has 0 aliphatic carbocycles. The molecule has 0 spiro atoms. The summed E-state index contributed by atoms with van der Waals surface area (Å²) in [6.45, 7) is 1.73. The molecule has 0 bridgehead atoms. The van der Waals surface area contributed by atoms with E-state index in [1.165, 1.54) is 12.1 Å². The number of amides is 2. The lowest BCUT2D eigenvalue weighted by Crippen LogP contribution is -2.41. The monoisotopic (exact) mass is 388 g/mol. The zero-order chi connectivity index (χ0) is 20.6. The first-order valence-electron chi connectivity index (χ1n) is 8.59. The molecule has 0 heterocycles. The Balaban J connectivity index is 1.94. The maximum atomic E-state index is 12.8. The van der Waals surface area contributed by atoms with Gasteiger partial charge < -0.3 is 14.2 Å². The van der Waals surface area contributed by atoms with Crippen molar-refractivity contribution in [1.29, 1.82) is 5.26 Å². The molecule has 0 unspecified atom stereocenters. The summed E-state index contributed by atoms with van der Waals surface area (Å²) in [4.78, 5) is 26.3. The number of anilines is 1. The van der Waals surface area contributed by atoms with E-state index in [1.807, 2.05) is 0 Å². The highest BCUT2D eigenvalue weighted by Gasteiger charge is 2.28. The second-order valence-electron chi connectivity index (χ2n) is 5.84. The van der Waals surface area contributed by atoms with Crippen LogP contribution in [0.5, 0.6) is 17.2 Å². The Kier molecular flexibility index (Phi) is 6.08. The molecule has 0 N–H and O–H groups in total. The third kappa shape index (κ3) is 4.90. The lowest BCUT2D eigenvalue weighted by atomic mass is 10.2. The number of hydrogen-bond donors (Lipinski definition) is 0. The molecule has 0 saturated heterocycles. The number of nitriles is 1. The van der Waals surface area contributed by atoms with Crippen LogP contribution >= 0.6 is 0 Å². The standard InChI is InChI=1S/C22H16N2O5/c1-16-12-13-17(14-20(16)27-15-23)24(21(25)28-18-8-4-2-5-9-18)22(26)29-19-10-6-3-7-11-19/h2-14H,1H3. The van der Waals surface area contributed by atoms with E-state index >= 15 is 0 Å². The van der Waals surface area contributed by atoms with Crippen molar-refractivity contribution in [2.24, 2.45) is 0 Å². The minimum Gasteiger partial charge on any atom is -0.410 e. The van der Waals surface area contributed by atoms with Crippen molar-refractivity contribution < 1.29 is 23.8 Å². The van der Waals surface area contributed by atoms with E-state index in [0.717, 1.165) is 4.90 Å². The summed E-state index contributed by atoms with van der Waals surface area (Å²) in [6.07, 6.45) is -0.359. The summed E-state index contributed by atoms with van der Waals surface area (Å²) >= 11 is 0. The van der Waals surface area contributed by atoms with E-state index in [4.69, 9.17) is 19.5 Å². The van der Waals surface area contributed by atoms with Gasteiger partial charge in [0.05, 0.1) is 5.69 Å². The molecule has 0 saturated carbocycles. The summed E-state index contributed by atoms with van der Waals surface area (Å²) < 4.78 is 15.5. The minimum absolute atomic E-state index is 0.128. The fourth-order valence-corrected chi connectivity index (χ4v) is 2.44. The van der Waals surface area contributed by atoms with E-state index in [9.17, 15) is 9.59 Å². The van der Waals surface area contributed by atoms with Gasteiger partial charge in [-0.25, -0.2) is 9.59 Å². The van der Waals surface area contributed by atoms with Gasteiger partial charge in [-0.3, -0.25) is 0 Å². The highest BCUT2D eigenvalue weighted by Crippen LogP contribution is 2.27. The van der Waals surface area contributed by atoms with Crippen molar-refractivity contribution in [3.05, 3.63) is 84.4 Å². The van der Waals surface area contributed by atoms with E-state index in [-0.39, 0.29) is 22.9 Å². The number of hydrogen-bond acceptors (Lipinski definition) is 6. The second kappa shape index (κ2) is 9.06. The van der Waals surface area contributed by atoms with E-state index in [0.29, 0.717) is 5.56 Å². The van der Waals surface area contributed by atoms with Gasteiger partial charge in [0.1, 0.15) is 17.2 Å². The lowest BCUT2D eigenvalue weighted by Gasteiger charge is -2.20. The number of aryl methyl sites for hydroxylation is 1. The Labute approximate surface area is 167 Å². The van der Waals surface area contributed by atoms with Gasteiger partial charge in [-0.15, -0.1) is 5.26 Å². The van der Waals surface area contributed by atoms with E-state index in [2.05, 4.69) is 0 Å². The molecule has 3 rings (SSSR count). The van der Waals surface area contributed by atoms with Crippen molar-refractivity contribution in [3.63, 3.8) is 0 Å². The number of carbonyl (C=O) groups excluding carboxylic acids is 2. The van der Waals surface area contributed by atoms with Crippen molar-refractivity contribution in [2.45, 2.75) is 6.92 Å². The third-order valence-electron chi connectivity index (χ3n) is 3.85. The molecule has 7 nitrogen and oxygen atoms in total. The SMILES string of the molecule is Cc1ccc(N(C(=O)Oc2ccccc2)C(=O)Oc2ccccc2)cc1OC#N. The van der Waals surface area contributed by atoms with Crippen LogP contribution in [0, 0.1) is 18.4 Å². The number of para-hydroxylation sites is 2. The van der Waals surface area contributed by atoms with Crippen LogP contribution in [0.2, 0.25) is 0 Å². The first-order chi connectivity index (χ1) is 14.1. The molecule has 0 fully saturated rings. The Morgan fingerprint density at radius 1 is 0.828 bits per heavy atom. The molecular weight excluding hydrogens is 372 g/mol. The Morgan fingerprint density at radius 3 is 1.83 bits per heavy atom. The van der Waals surface area contributed by atoms with Crippen LogP contribution in [0.4, 0.5) is 15.3 Å². The van der Waals surface area contributed by atoms with E-state index < -0.39 is 12.2 Å². The first kappa shape index (κ1) is 19.5. The number of benzene rings is 3. The maximum Gasteiger partial charge on any atom is 0.429 e. The molecule has 0 aliphatic rings. The minimum atomic E-state index is -0.969. The number of imide groups is 1. The van der Waals surface area contributed by atoms with Crippen molar-refractivity contribution >= 4 is 17.9 Å². The van der Waals surface area contributed by atoms with Gasteiger partial charge in [-0.05, 0) is 42.8 Å². The van der Waals surface area contributed by atoms with Crippen LogP contribution in [0.3, 0.4) is 0 Å². The zero-order valence-electron chi connectivity index (χ0n) is 15.4. The number of rotatable bonds is 4. The molecule has 0 aliphatic heterocycles. The van der Waals surface area contributed by atoms with Crippen LogP contribution in [-0.2, 0) is 0 Å². The van der Waals surface area contributed by atoms with Gasteiger partial charge >= 0.3 is 12.2 Å². The Bertz CT molecular complexity index is 992. The summed E-state index contributed by atoms with van der Waals surface area (Å²) in [5.74, 6) is 0.723. The van der Waals surface area contributed by atoms with Crippen LogP contribution in [0.15, 0.2) is 78.9 Å². The summed E-state index contributed by atoms with van der Waals surface area (Å²) in [5, 5.41) is 8.81. The topological polar surface area (TPSA) is 88.9 Å². The third-order valence-corrected chi connectivity index (χ3v) is 3.85. The van der Waals surface area contributed by atoms with Gasteiger partial charge in [-0.1, -0.05) is 42.5 Å². The largest absolute Gasteiger partial charge is 0.429 e.